The van der Waals surface area contributed by atoms with E-state index < -0.39 is 0 Å². The van der Waals surface area contributed by atoms with Crippen LogP contribution in [-0.4, -0.2) is 73.6 Å². The quantitative estimate of drug-likeness (QED) is 0.755. The Hall–Kier alpha value is -0.120. The van der Waals surface area contributed by atoms with Crippen LogP contribution in [0.5, 0.6) is 0 Å². The van der Waals surface area contributed by atoms with Gasteiger partial charge >= 0.3 is 0 Å². The molecule has 0 aromatic heterocycles. The maximum atomic E-state index is 2.78. The predicted octanol–water partition coefficient (Wildman–Crippen LogP) is 1.89. The van der Waals surface area contributed by atoms with Gasteiger partial charge < -0.3 is 4.90 Å². The number of likely N-dealkylation sites (tertiary alicyclic amines) is 1. The van der Waals surface area contributed by atoms with Gasteiger partial charge in [-0.15, -0.1) is 0 Å². The third kappa shape index (κ3) is 3.32. The van der Waals surface area contributed by atoms with Gasteiger partial charge in [0.1, 0.15) is 0 Å². The Balaban J connectivity index is 1.52. The van der Waals surface area contributed by atoms with Crippen molar-refractivity contribution in [3.05, 3.63) is 0 Å². The Morgan fingerprint density at radius 2 is 1.79 bits per heavy atom. The van der Waals surface area contributed by atoms with Crippen LogP contribution in [0.25, 0.3) is 0 Å². The van der Waals surface area contributed by atoms with E-state index >= 15 is 0 Å². The number of rotatable bonds is 2. The first-order valence-corrected chi connectivity index (χ1v) is 8.30. The van der Waals surface area contributed by atoms with Crippen molar-refractivity contribution in [1.82, 2.24) is 14.7 Å². The molecule has 0 aromatic rings. The molecule has 3 rings (SSSR count). The van der Waals surface area contributed by atoms with Gasteiger partial charge in [0.25, 0.3) is 0 Å². The molecule has 0 radical (unpaired) electrons. The summed E-state index contributed by atoms with van der Waals surface area (Å²) in [7, 11) is 2.26. The molecule has 3 heteroatoms. The van der Waals surface area contributed by atoms with Gasteiger partial charge in [-0.3, -0.25) is 9.80 Å². The molecule has 1 unspecified atom stereocenters. The van der Waals surface area contributed by atoms with E-state index in [9.17, 15) is 0 Å². The first kappa shape index (κ1) is 13.8. The molecule has 1 atom stereocenters. The number of hydrogen-bond acceptors (Lipinski definition) is 3. The van der Waals surface area contributed by atoms with E-state index in [0.717, 1.165) is 6.04 Å². The van der Waals surface area contributed by atoms with Crippen molar-refractivity contribution in [2.24, 2.45) is 5.41 Å². The Labute approximate surface area is 118 Å². The second-order valence-corrected chi connectivity index (χ2v) is 7.53. The lowest BCUT2D eigenvalue weighted by Crippen LogP contribution is -2.57. The highest BCUT2D eigenvalue weighted by Gasteiger charge is 2.34. The summed E-state index contributed by atoms with van der Waals surface area (Å²) < 4.78 is 0. The zero-order valence-corrected chi connectivity index (χ0v) is 12.9. The largest absolute Gasteiger partial charge is 0.306 e. The summed E-state index contributed by atoms with van der Waals surface area (Å²) in [6.07, 6.45) is 7.09. The van der Waals surface area contributed by atoms with E-state index in [-0.39, 0.29) is 0 Å². The van der Waals surface area contributed by atoms with E-state index in [2.05, 4.69) is 28.7 Å². The molecule has 0 bridgehead atoms. The second kappa shape index (κ2) is 5.71. The number of hydrogen-bond donors (Lipinski definition) is 0. The Kier molecular flexibility index (Phi) is 4.16. The van der Waals surface area contributed by atoms with Gasteiger partial charge in [0, 0.05) is 32.2 Å². The lowest BCUT2D eigenvalue weighted by molar-refractivity contribution is 0.0142. The van der Waals surface area contributed by atoms with Crippen LogP contribution in [0.1, 0.15) is 39.0 Å². The fourth-order valence-corrected chi connectivity index (χ4v) is 4.22. The maximum Gasteiger partial charge on any atom is 0.0223 e. The smallest absolute Gasteiger partial charge is 0.0223 e. The fourth-order valence-electron chi connectivity index (χ4n) is 4.22. The molecule has 110 valence electrons. The van der Waals surface area contributed by atoms with Crippen LogP contribution in [0.15, 0.2) is 0 Å². The summed E-state index contributed by atoms with van der Waals surface area (Å²) in [6.45, 7) is 11.8. The number of piperazine rings is 1. The van der Waals surface area contributed by atoms with Gasteiger partial charge in [-0.2, -0.15) is 0 Å². The normalized spacial score (nSPS) is 34.1. The average molecular weight is 265 g/mol. The van der Waals surface area contributed by atoms with Crippen molar-refractivity contribution in [2.75, 3.05) is 52.9 Å². The molecule has 0 N–H and O–H groups in total. The SMILES string of the molecule is CN1CCC(C)(CN2CCN3CCCCC3C2)CC1. The van der Waals surface area contributed by atoms with Crippen LogP contribution in [0.3, 0.4) is 0 Å². The summed E-state index contributed by atoms with van der Waals surface area (Å²) in [5, 5.41) is 0. The molecule has 3 saturated heterocycles. The molecule has 3 aliphatic rings. The highest BCUT2D eigenvalue weighted by atomic mass is 15.3. The topological polar surface area (TPSA) is 9.72 Å². The minimum absolute atomic E-state index is 0.573. The van der Waals surface area contributed by atoms with E-state index in [4.69, 9.17) is 0 Å². The molecule has 3 nitrogen and oxygen atoms in total. The summed E-state index contributed by atoms with van der Waals surface area (Å²) in [5.41, 5.74) is 0.573. The molecule has 0 aromatic carbocycles. The van der Waals surface area contributed by atoms with Crippen LogP contribution >= 0.6 is 0 Å². The van der Waals surface area contributed by atoms with E-state index in [0.29, 0.717) is 5.41 Å². The first-order valence-electron chi connectivity index (χ1n) is 8.30. The van der Waals surface area contributed by atoms with Crippen molar-refractivity contribution in [3.63, 3.8) is 0 Å². The molecule has 3 heterocycles. The summed E-state index contributed by atoms with van der Waals surface area (Å²) in [6, 6.07) is 0.873. The molecule has 0 saturated carbocycles. The minimum Gasteiger partial charge on any atom is -0.306 e. The van der Waals surface area contributed by atoms with E-state index in [1.807, 2.05) is 0 Å². The molecule has 3 aliphatic heterocycles. The second-order valence-electron chi connectivity index (χ2n) is 7.53. The first-order chi connectivity index (χ1) is 9.15. The number of fused-ring (bicyclic) bond motifs is 1. The summed E-state index contributed by atoms with van der Waals surface area (Å²) >= 11 is 0. The molecule has 0 amide bonds. The molecule has 3 fully saturated rings. The zero-order chi connectivity index (χ0) is 13.3. The van der Waals surface area contributed by atoms with Crippen LogP contribution in [0.2, 0.25) is 0 Å². The number of piperidine rings is 2. The monoisotopic (exact) mass is 265 g/mol. The maximum absolute atomic E-state index is 2.78. The Morgan fingerprint density at radius 3 is 2.58 bits per heavy atom. The Morgan fingerprint density at radius 1 is 1.00 bits per heavy atom. The van der Waals surface area contributed by atoms with Crippen molar-refractivity contribution >= 4 is 0 Å². The summed E-state index contributed by atoms with van der Waals surface area (Å²) in [5.74, 6) is 0. The van der Waals surface area contributed by atoms with Crippen LogP contribution < -0.4 is 0 Å². The minimum atomic E-state index is 0.573. The predicted molar refractivity (Wildman–Crippen MR) is 80.5 cm³/mol. The van der Waals surface area contributed by atoms with Crippen molar-refractivity contribution in [2.45, 2.75) is 45.1 Å². The zero-order valence-electron chi connectivity index (χ0n) is 12.9. The van der Waals surface area contributed by atoms with Crippen LogP contribution in [0, 0.1) is 5.41 Å². The molecule has 19 heavy (non-hydrogen) atoms. The third-order valence-electron chi connectivity index (χ3n) is 5.72. The van der Waals surface area contributed by atoms with Gasteiger partial charge in [-0.25, -0.2) is 0 Å². The van der Waals surface area contributed by atoms with Crippen molar-refractivity contribution < 1.29 is 0 Å². The van der Waals surface area contributed by atoms with Gasteiger partial charge in [0.05, 0.1) is 0 Å². The molecular weight excluding hydrogens is 234 g/mol. The molecule has 0 aliphatic carbocycles. The Bertz CT molecular complexity index is 296. The lowest BCUT2D eigenvalue weighted by atomic mass is 9.79. The van der Waals surface area contributed by atoms with Gasteiger partial charge in [-0.05, 0) is 57.8 Å². The summed E-state index contributed by atoms with van der Waals surface area (Å²) in [4.78, 5) is 8.01. The molecule has 0 spiro atoms. The van der Waals surface area contributed by atoms with Gasteiger partial charge in [-0.1, -0.05) is 13.3 Å². The average Bonchev–Trinajstić information content (AvgIpc) is 2.42. The third-order valence-corrected chi connectivity index (χ3v) is 5.72. The molecular formula is C16H31N3. The number of nitrogens with zero attached hydrogens (tertiary/aromatic N) is 3. The van der Waals surface area contributed by atoms with E-state index in [1.165, 1.54) is 77.9 Å². The lowest BCUT2D eigenvalue weighted by Gasteiger charge is -2.47. The standard InChI is InChI=1S/C16H31N3/c1-16(6-9-17(2)10-7-16)14-18-11-12-19-8-4-3-5-15(19)13-18/h15H,3-14H2,1-2H3. The highest BCUT2D eigenvalue weighted by Crippen LogP contribution is 2.32. The highest BCUT2D eigenvalue weighted by molar-refractivity contribution is 4.90. The van der Waals surface area contributed by atoms with Crippen molar-refractivity contribution in [3.8, 4) is 0 Å². The van der Waals surface area contributed by atoms with Gasteiger partial charge in [0.2, 0.25) is 0 Å². The van der Waals surface area contributed by atoms with E-state index in [1.54, 1.807) is 0 Å². The van der Waals surface area contributed by atoms with Crippen LogP contribution in [0.4, 0.5) is 0 Å². The van der Waals surface area contributed by atoms with Gasteiger partial charge in [0.15, 0.2) is 0 Å². The van der Waals surface area contributed by atoms with Crippen LogP contribution in [-0.2, 0) is 0 Å². The fraction of sp³-hybridized carbons (Fsp3) is 1.00. The van der Waals surface area contributed by atoms with Crippen molar-refractivity contribution in [1.29, 1.82) is 0 Å².